The molecule has 2 heteroatoms. The molecule has 1 aliphatic heterocycles. The molecular formula is C27H50N2. The van der Waals surface area contributed by atoms with Gasteiger partial charge in [0.15, 0.2) is 0 Å². The molecule has 0 saturated carbocycles. The van der Waals surface area contributed by atoms with Gasteiger partial charge in [-0.25, -0.2) is 0 Å². The predicted octanol–water partition coefficient (Wildman–Crippen LogP) is 7.45. The second-order valence-electron chi connectivity index (χ2n) is 5.86. The monoisotopic (exact) mass is 402 g/mol. The Balaban J connectivity index is -0.000000316. The fraction of sp³-hybridized carbons (Fsp3) is 0.556. The van der Waals surface area contributed by atoms with Crippen LogP contribution in [0.15, 0.2) is 66.7 Å². The minimum atomic E-state index is 0.839. The SMILES string of the molecule is CC.CC.CC.CCN(C)C1CCNCC1.Cc1ccccc1.c1ccccc1. The number of rotatable bonds is 2. The maximum Gasteiger partial charge on any atom is 0.0116 e. The quantitative estimate of drug-likeness (QED) is 0.561. The fourth-order valence-electron chi connectivity index (χ4n) is 2.42. The van der Waals surface area contributed by atoms with Crippen LogP contribution in [0.1, 0.15) is 66.9 Å². The van der Waals surface area contributed by atoms with E-state index in [9.17, 15) is 0 Å². The normalized spacial score (nSPS) is 11.9. The first-order chi connectivity index (χ1) is 14.2. The fourth-order valence-corrected chi connectivity index (χ4v) is 2.42. The van der Waals surface area contributed by atoms with Gasteiger partial charge in [0, 0.05) is 6.04 Å². The lowest BCUT2D eigenvalue weighted by atomic mass is 10.1. The molecular weight excluding hydrogens is 352 g/mol. The Hall–Kier alpha value is -1.64. The molecule has 3 rings (SSSR count). The van der Waals surface area contributed by atoms with Crippen molar-refractivity contribution in [2.45, 2.75) is 74.3 Å². The summed E-state index contributed by atoms with van der Waals surface area (Å²) in [5.74, 6) is 0. The number of aryl methyl sites for hydroxylation is 1. The standard InChI is InChI=1S/C8H18N2.C7H8.C6H6.3C2H6/c1-3-10(2)8-4-6-9-7-5-8;1-7-5-3-2-4-6-7;1-2-4-6-5-3-1;3*1-2/h8-9H,3-7H2,1-2H3;2-6H,1H3;1-6H;3*1-2H3. The van der Waals surface area contributed by atoms with Crippen LogP contribution in [0.5, 0.6) is 0 Å². The Labute approximate surface area is 183 Å². The molecule has 29 heavy (non-hydrogen) atoms. The van der Waals surface area contributed by atoms with Crippen LogP contribution >= 0.6 is 0 Å². The van der Waals surface area contributed by atoms with E-state index >= 15 is 0 Å². The van der Waals surface area contributed by atoms with Crippen molar-refractivity contribution in [3.05, 3.63) is 72.3 Å². The van der Waals surface area contributed by atoms with Gasteiger partial charge in [0.05, 0.1) is 0 Å². The lowest BCUT2D eigenvalue weighted by Gasteiger charge is -2.30. The van der Waals surface area contributed by atoms with Gasteiger partial charge in [0.25, 0.3) is 0 Å². The molecule has 1 aliphatic rings. The smallest absolute Gasteiger partial charge is 0.0116 e. The number of nitrogens with one attached hydrogen (secondary N) is 1. The van der Waals surface area contributed by atoms with Crippen molar-refractivity contribution in [3.8, 4) is 0 Å². The van der Waals surface area contributed by atoms with E-state index in [1.54, 1.807) is 0 Å². The number of piperidine rings is 1. The molecule has 2 aromatic rings. The molecule has 0 amide bonds. The van der Waals surface area contributed by atoms with E-state index < -0.39 is 0 Å². The van der Waals surface area contributed by atoms with Gasteiger partial charge >= 0.3 is 0 Å². The van der Waals surface area contributed by atoms with Gasteiger partial charge < -0.3 is 10.2 Å². The molecule has 0 aliphatic carbocycles. The Morgan fingerprint density at radius 2 is 1.07 bits per heavy atom. The highest BCUT2D eigenvalue weighted by molar-refractivity contribution is 5.11. The van der Waals surface area contributed by atoms with E-state index in [1.165, 1.54) is 38.0 Å². The van der Waals surface area contributed by atoms with Crippen LogP contribution < -0.4 is 5.32 Å². The van der Waals surface area contributed by atoms with E-state index in [1.807, 2.05) is 96.1 Å². The summed E-state index contributed by atoms with van der Waals surface area (Å²) in [5, 5.41) is 3.37. The van der Waals surface area contributed by atoms with Crippen LogP contribution in [-0.4, -0.2) is 37.6 Å². The van der Waals surface area contributed by atoms with Crippen molar-refractivity contribution in [1.29, 1.82) is 0 Å². The van der Waals surface area contributed by atoms with Crippen LogP contribution in [0, 0.1) is 6.92 Å². The molecule has 1 saturated heterocycles. The highest BCUT2D eigenvalue weighted by Crippen LogP contribution is 2.08. The molecule has 168 valence electrons. The Bertz CT molecular complexity index is 438. The maximum absolute atomic E-state index is 3.37. The summed E-state index contributed by atoms with van der Waals surface area (Å²) in [5.41, 5.74) is 1.32. The third kappa shape index (κ3) is 22.5. The van der Waals surface area contributed by atoms with Gasteiger partial charge in [0.1, 0.15) is 0 Å². The second kappa shape index (κ2) is 28.6. The first-order valence-corrected chi connectivity index (χ1v) is 11.7. The molecule has 0 unspecified atom stereocenters. The zero-order valence-electron chi connectivity index (χ0n) is 20.9. The Morgan fingerprint density at radius 1 is 0.724 bits per heavy atom. The summed E-state index contributed by atoms with van der Waals surface area (Å²) in [6.07, 6.45) is 2.65. The number of hydrogen-bond donors (Lipinski definition) is 1. The minimum absolute atomic E-state index is 0.839. The molecule has 2 aromatic carbocycles. The van der Waals surface area contributed by atoms with Crippen molar-refractivity contribution in [2.24, 2.45) is 0 Å². The van der Waals surface area contributed by atoms with Crippen LogP contribution in [0.4, 0.5) is 0 Å². The highest BCUT2D eigenvalue weighted by Gasteiger charge is 2.15. The first-order valence-electron chi connectivity index (χ1n) is 11.7. The summed E-state index contributed by atoms with van der Waals surface area (Å²) in [7, 11) is 2.22. The van der Waals surface area contributed by atoms with E-state index in [-0.39, 0.29) is 0 Å². The third-order valence-electron chi connectivity index (χ3n) is 4.04. The van der Waals surface area contributed by atoms with Gasteiger partial charge in [-0.3, -0.25) is 0 Å². The third-order valence-corrected chi connectivity index (χ3v) is 4.04. The van der Waals surface area contributed by atoms with Gasteiger partial charge in [-0.1, -0.05) is 121 Å². The molecule has 1 fully saturated rings. The molecule has 0 bridgehead atoms. The molecule has 1 N–H and O–H groups in total. The average Bonchev–Trinajstić information content (AvgIpc) is 2.85. The summed E-state index contributed by atoms with van der Waals surface area (Å²) < 4.78 is 0. The molecule has 0 radical (unpaired) electrons. The van der Waals surface area contributed by atoms with E-state index in [4.69, 9.17) is 0 Å². The molecule has 0 aromatic heterocycles. The first kappa shape index (κ1) is 32.0. The maximum atomic E-state index is 3.37. The zero-order chi connectivity index (χ0) is 22.8. The highest BCUT2D eigenvalue weighted by atomic mass is 15.1. The Kier molecular flexibility index (Phi) is 31.6. The van der Waals surface area contributed by atoms with Crippen LogP contribution in [0.2, 0.25) is 0 Å². The van der Waals surface area contributed by atoms with Gasteiger partial charge in [-0.2, -0.15) is 0 Å². The predicted molar refractivity (Wildman–Crippen MR) is 136 cm³/mol. The van der Waals surface area contributed by atoms with Crippen molar-refractivity contribution in [3.63, 3.8) is 0 Å². The summed E-state index contributed by atoms with van der Waals surface area (Å²) in [6, 6.07) is 23.1. The molecule has 1 heterocycles. The van der Waals surface area contributed by atoms with Crippen molar-refractivity contribution < 1.29 is 0 Å². The van der Waals surface area contributed by atoms with Crippen LogP contribution in [0.3, 0.4) is 0 Å². The summed E-state index contributed by atoms with van der Waals surface area (Å²) in [4.78, 5) is 2.45. The average molecular weight is 403 g/mol. The second-order valence-corrected chi connectivity index (χ2v) is 5.86. The van der Waals surface area contributed by atoms with Gasteiger partial charge in [-0.05, 0) is 46.4 Å². The number of benzene rings is 2. The van der Waals surface area contributed by atoms with Gasteiger partial charge in [0.2, 0.25) is 0 Å². The topological polar surface area (TPSA) is 15.3 Å². The minimum Gasteiger partial charge on any atom is -0.317 e. The molecule has 0 spiro atoms. The largest absolute Gasteiger partial charge is 0.317 e. The van der Waals surface area contributed by atoms with Crippen LogP contribution in [-0.2, 0) is 0 Å². The summed E-state index contributed by atoms with van der Waals surface area (Å²) >= 11 is 0. The number of nitrogens with zero attached hydrogens (tertiary/aromatic N) is 1. The lowest BCUT2D eigenvalue weighted by molar-refractivity contribution is 0.208. The van der Waals surface area contributed by atoms with E-state index in [2.05, 4.69) is 43.2 Å². The van der Waals surface area contributed by atoms with Crippen LogP contribution in [0.25, 0.3) is 0 Å². The molecule has 0 atom stereocenters. The summed E-state index contributed by atoms with van der Waals surface area (Å²) in [6.45, 7) is 19.9. The Morgan fingerprint density at radius 3 is 1.34 bits per heavy atom. The zero-order valence-corrected chi connectivity index (χ0v) is 20.9. The van der Waals surface area contributed by atoms with Crippen molar-refractivity contribution >= 4 is 0 Å². The van der Waals surface area contributed by atoms with Crippen molar-refractivity contribution in [1.82, 2.24) is 10.2 Å². The van der Waals surface area contributed by atoms with Gasteiger partial charge in [-0.15, -0.1) is 0 Å². The van der Waals surface area contributed by atoms with E-state index in [0.717, 1.165) is 6.04 Å². The van der Waals surface area contributed by atoms with Crippen molar-refractivity contribution in [2.75, 3.05) is 26.7 Å². The molecule has 2 nitrogen and oxygen atoms in total. The number of hydrogen-bond acceptors (Lipinski definition) is 2. The van der Waals surface area contributed by atoms with E-state index in [0.29, 0.717) is 0 Å². The lowest BCUT2D eigenvalue weighted by Crippen LogP contribution is -2.40.